The molecule has 0 aliphatic rings. The van der Waals surface area contributed by atoms with Crippen LogP contribution in [-0.2, 0) is 27.9 Å². The molecule has 1 aromatic heterocycles. The Bertz CT molecular complexity index is 1090. The lowest BCUT2D eigenvalue weighted by molar-refractivity contribution is -0.121. The summed E-state index contributed by atoms with van der Waals surface area (Å²) in [6.07, 6.45) is 1.64. The molecule has 0 spiro atoms. The van der Waals surface area contributed by atoms with Crippen molar-refractivity contribution >= 4 is 31.9 Å². The van der Waals surface area contributed by atoms with Crippen molar-refractivity contribution in [1.29, 1.82) is 0 Å². The summed E-state index contributed by atoms with van der Waals surface area (Å²) in [5.74, 6) is -0.395. The van der Waals surface area contributed by atoms with Gasteiger partial charge in [0.15, 0.2) is 0 Å². The third kappa shape index (κ3) is 5.98. The molecule has 3 aromatic rings. The monoisotopic (exact) mass is 487 g/mol. The fourth-order valence-corrected chi connectivity index (χ4v) is 4.44. The van der Waals surface area contributed by atoms with Crippen molar-refractivity contribution < 1.29 is 13.2 Å². The summed E-state index contributed by atoms with van der Waals surface area (Å²) in [7, 11) is -3.87. The van der Waals surface area contributed by atoms with Gasteiger partial charge >= 0.3 is 0 Å². The van der Waals surface area contributed by atoms with Gasteiger partial charge in [-0.15, -0.1) is 0 Å². The minimum atomic E-state index is -3.87. The molecule has 3 rings (SSSR count). The Morgan fingerprint density at radius 2 is 1.73 bits per heavy atom. The second kappa shape index (κ2) is 9.97. The first-order valence-electron chi connectivity index (χ1n) is 9.32. The van der Waals surface area contributed by atoms with Gasteiger partial charge in [-0.2, -0.15) is 4.31 Å². The van der Waals surface area contributed by atoms with Crippen LogP contribution in [0.2, 0.25) is 0 Å². The van der Waals surface area contributed by atoms with Gasteiger partial charge in [0.1, 0.15) is 0 Å². The van der Waals surface area contributed by atoms with Gasteiger partial charge in [-0.3, -0.25) is 9.78 Å². The number of carbonyl (C=O) groups is 1. The van der Waals surface area contributed by atoms with Crippen molar-refractivity contribution in [3.8, 4) is 0 Å². The van der Waals surface area contributed by atoms with E-state index in [9.17, 15) is 13.2 Å². The summed E-state index contributed by atoms with van der Waals surface area (Å²) < 4.78 is 28.5. The van der Waals surface area contributed by atoms with Crippen LogP contribution in [0.5, 0.6) is 0 Å². The first kappa shape index (κ1) is 22.1. The van der Waals surface area contributed by atoms with E-state index in [1.54, 1.807) is 30.5 Å². The largest absolute Gasteiger partial charge is 0.349 e. The number of amides is 1. The molecule has 0 aliphatic carbocycles. The molecule has 0 radical (unpaired) electrons. The highest BCUT2D eigenvalue weighted by Gasteiger charge is 2.27. The lowest BCUT2D eigenvalue weighted by atomic mass is 10.1. The zero-order valence-electron chi connectivity index (χ0n) is 16.5. The van der Waals surface area contributed by atoms with Crippen LogP contribution >= 0.6 is 15.9 Å². The van der Waals surface area contributed by atoms with Crippen LogP contribution < -0.4 is 5.32 Å². The maximum absolute atomic E-state index is 13.2. The van der Waals surface area contributed by atoms with Gasteiger partial charge in [-0.05, 0) is 48.9 Å². The fourth-order valence-electron chi connectivity index (χ4n) is 2.79. The quantitative estimate of drug-likeness (QED) is 0.525. The molecule has 6 nitrogen and oxygen atoms in total. The van der Waals surface area contributed by atoms with Crippen LogP contribution in [0.25, 0.3) is 0 Å². The van der Waals surface area contributed by atoms with Crippen LogP contribution in [-0.4, -0.2) is 30.2 Å². The van der Waals surface area contributed by atoms with Gasteiger partial charge in [-0.1, -0.05) is 51.8 Å². The molecule has 0 saturated carbocycles. The van der Waals surface area contributed by atoms with Gasteiger partial charge in [0.2, 0.25) is 15.9 Å². The van der Waals surface area contributed by atoms with Crippen molar-refractivity contribution in [2.75, 3.05) is 6.54 Å². The summed E-state index contributed by atoms with van der Waals surface area (Å²) in [6, 6.07) is 19.4. The summed E-state index contributed by atoms with van der Waals surface area (Å²) in [4.78, 5) is 16.8. The number of sulfonamides is 1. The topological polar surface area (TPSA) is 79.4 Å². The van der Waals surface area contributed by atoms with Crippen molar-refractivity contribution in [3.63, 3.8) is 0 Å². The van der Waals surface area contributed by atoms with Gasteiger partial charge in [0.05, 0.1) is 23.7 Å². The number of halogens is 1. The van der Waals surface area contributed by atoms with E-state index in [1.807, 2.05) is 37.3 Å². The van der Waals surface area contributed by atoms with Crippen molar-refractivity contribution in [1.82, 2.24) is 14.6 Å². The third-order valence-corrected chi connectivity index (χ3v) is 6.78. The number of rotatable bonds is 8. The Morgan fingerprint density at radius 1 is 1.03 bits per heavy atom. The standard InChI is InChI=1S/C22H22BrN3O3S/c1-17-5-7-18(8-6-17)15-26(30(28,29)21-11-9-19(23)10-12-21)16-22(27)25-14-20-4-2-3-13-24-20/h2-13H,14-16H2,1H3,(H,25,27). The second-order valence-electron chi connectivity index (χ2n) is 6.81. The SMILES string of the molecule is Cc1ccc(CN(CC(=O)NCc2ccccn2)S(=O)(=O)c2ccc(Br)cc2)cc1. The summed E-state index contributed by atoms with van der Waals surface area (Å²) in [5, 5.41) is 2.74. The van der Waals surface area contributed by atoms with Crippen LogP contribution in [0.3, 0.4) is 0 Å². The molecule has 1 N–H and O–H groups in total. The van der Waals surface area contributed by atoms with Gasteiger partial charge in [-0.25, -0.2) is 8.42 Å². The molecule has 1 amide bonds. The zero-order valence-corrected chi connectivity index (χ0v) is 18.9. The maximum atomic E-state index is 13.2. The molecule has 0 saturated heterocycles. The number of aryl methyl sites for hydroxylation is 1. The zero-order chi connectivity index (χ0) is 21.6. The molecule has 0 atom stereocenters. The predicted octanol–water partition coefficient (Wildman–Crippen LogP) is 3.66. The van der Waals surface area contributed by atoms with E-state index in [-0.39, 0.29) is 24.5 Å². The Morgan fingerprint density at radius 3 is 2.37 bits per heavy atom. The van der Waals surface area contributed by atoms with E-state index in [0.29, 0.717) is 5.69 Å². The molecule has 30 heavy (non-hydrogen) atoms. The molecule has 1 heterocycles. The Labute approximate surface area is 185 Å². The van der Waals surface area contributed by atoms with E-state index in [4.69, 9.17) is 0 Å². The van der Waals surface area contributed by atoms with E-state index in [2.05, 4.69) is 26.2 Å². The van der Waals surface area contributed by atoms with Gasteiger partial charge in [0, 0.05) is 17.2 Å². The predicted molar refractivity (Wildman–Crippen MR) is 119 cm³/mol. The molecular formula is C22H22BrN3O3S. The Balaban J connectivity index is 1.80. The molecule has 8 heteroatoms. The number of benzene rings is 2. The smallest absolute Gasteiger partial charge is 0.243 e. The number of nitrogens with zero attached hydrogens (tertiary/aromatic N) is 2. The van der Waals surface area contributed by atoms with E-state index >= 15 is 0 Å². The second-order valence-corrected chi connectivity index (χ2v) is 9.66. The number of hydrogen-bond donors (Lipinski definition) is 1. The molecule has 0 bridgehead atoms. The lowest BCUT2D eigenvalue weighted by Crippen LogP contribution is -2.40. The lowest BCUT2D eigenvalue weighted by Gasteiger charge is -2.22. The number of aromatic nitrogens is 1. The van der Waals surface area contributed by atoms with Crippen LogP contribution in [0.15, 0.2) is 82.3 Å². The average molecular weight is 488 g/mol. The van der Waals surface area contributed by atoms with Crippen molar-refractivity contribution in [3.05, 3.63) is 94.2 Å². The van der Waals surface area contributed by atoms with Crippen LogP contribution in [0, 0.1) is 6.92 Å². The molecule has 0 aliphatic heterocycles. The summed E-state index contributed by atoms with van der Waals surface area (Å²) >= 11 is 3.31. The van der Waals surface area contributed by atoms with Crippen LogP contribution in [0.1, 0.15) is 16.8 Å². The molecule has 156 valence electrons. The number of pyridine rings is 1. The highest BCUT2D eigenvalue weighted by atomic mass is 79.9. The van der Waals surface area contributed by atoms with E-state index < -0.39 is 15.9 Å². The number of carbonyl (C=O) groups excluding carboxylic acids is 1. The Hall–Kier alpha value is -2.55. The van der Waals surface area contributed by atoms with Gasteiger partial charge in [0.25, 0.3) is 0 Å². The normalized spacial score (nSPS) is 11.4. The Kier molecular flexibility index (Phi) is 7.36. The minimum absolute atomic E-state index is 0.0929. The van der Waals surface area contributed by atoms with Crippen molar-refractivity contribution in [2.45, 2.75) is 24.9 Å². The first-order valence-corrected chi connectivity index (χ1v) is 11.6. The molecule has 2 aromatic carbocycles. The fraction of sp³-hybridized carbons (Fsp3) is 0.182. The van der Waals surface area contributed by atoms with Crippen molar-refractivity contribution in [2.24, 2.45) is 0 Å². The molecular weight excluding hydrogens is 466 g/mol. The highest BCUT2D eigenvalue weighted by molar-refractivity contribution is 9.10. The van der Waals surface area contributed by atoms with E-state index in [0.717, 1.165) is 15.6 Å². The average Bonchev–Trinajstić information content (AvgIpc) is 2.74. The molecule has 0 fully saturated rings. The third-order valence-electron chi connectivity index (χ3n) is 4.44. The molecule has 0 unspecified atom stereocenters. The van der Waals surface area contributed by atoms with Crippen LogP contribution in [0.4, 0.5) is 0 Å². The van der Waals surface area contributed by atoms with Gasteiger partial charge < -0.3 is 5.32 Å². The number of hydrogen-bond acceptors (Lipinski definition) is 4. The first-order chi connectivity index (χ1) is 14.3. The summed E-state index contributed by atoms with van der Waals surface area (Å²) in [5.41, 5.74) is 2.58. The maximum Gasteiger partial charge on any atom is 0.243 e. The highest BCUT2D eigenvalue weighted by Crippen LogP contribution is 2.21. The summed E-state index contributed by atoms with van der Waals surface area (Å²) in [6.45, 7) is 2.00. The number of nitrogens with one attached hydrogen (secondary N) is 1. The van der Waals surface area contributed by atoms with E-state index in [1.165, 1.54) is 16.4 Å². The minimum Gasteiger partial charge on any atom is -0.349 e.